The number of hydrogen-bond acceptors (Lipinski definition) is 2. The molecule has 0 fully saturated rings. The third-order valence-electron chi connectivity index (χ3n) is 5.24. The molecule has 3 N–H and O–H groups in total. The highest BCUT2D eigenvalue weighted by molar-refractivity contribution is 6.06. The van der Waals surface area contributed by atoms with Gasteiger partial charge in [-0.2, -0.15) is 0 Å². The van der Waals surface area contributed by atoms with Crippen molar-refractivity contribution in [2.24, 2.45) is 0 Å². The van der Waals surface area contributed by atoms with Crippen molar-refractivity contribution in [3.05, 3.63) is 96.1 Å². The summed E-state index contributed by atoms with van der Waals surface area (Å²) in [6.45, 7) is 8.22. The number of benzene rings is 4. The van der Waals surface area contributed by atoms with E-state index in [1.807, 2.05) is 18.2 Å². The molecular formula is C26H24N2. The number of nitrogens with one attached hydrogen (secondary N) is 1. The number of aryl methyl sites for hydroxylation is 1. The number of rotatable bonds is 4. The fraction of sp³-hybridized carbons (Fsp3) is 0.0769. The Hall–Kier alpha value is -3.52. The van der Waals surface area contributed by atoms with Gasteiger partial charge < -0.3 is 11.1 Å². The molecule has 0 aromatic heterocycles. The maximum atomic E-state index is 6.56. The lowest BCUT2D eigenvalue weighted by Gasteiger charge is -2.18. The van der Waals surface area contributed by atoms with Crippen LogP contribution in [0.2, 0.25) is 0 Å². The van der Waals surface area contributed by atoms with Crippen molar-refractivity contribution in [3.63, 3.8) is 0 Å². The molecule has 4 aromatic carbocycles. The molecular weight excluding hydrogens is 340 g/mol. The highest BCUT2D eigenvalue weighted by atomic mass is 14.9. The van der Waals surface area contributed by atoms with Crippen molar-refractivity contribution in [1.29, 1.82) is 0 Å². The summed E-state index contributed by atoms with van der Waals surface area (Å²) in [5.74, 6) is 0. The molecule has 0 spiro atoms. The van der Waals surface area contributed by atoms with E-state index in [2.05, 4.69) is 86.4 Å². The second-order valence-electron chi connectivity index (χ2n) is 7.15. The van der Waals surface area contributed by atoms with Gasteiger partial charge in [0.1, 0.15) is 0 Å². The molecule has 0 bridgehead atoms. The molecule has 0 radical (unpaired) electrons. The van der Waals surface area contributed by atoms with Gasteiger partial charge in [0, 0.05) is 11.1 Å². The normalized spacial score (nSPS) is 10.8. The predicted molar refractivity (Wildman–Crippen MR) is 123 cm³/mol. The van der Waals surface area contributed by atoms with E-state index in [1.54, 1.807) is 0 Å². The molecule has 0 saturated carbocycles. The second kappa shape index (κ2) is 7.24. The van der Waals surface area contributed by atoms with Gasteiger partial charge >= 0.3 is 0 Å². The summed E-state index contributed by atoms with van der Waals surface area (Å²) in [6, 6.07) is 25.2. The van der Waals surface area contributed by atoms with Gasteiger partial charge in [0.2, 0.25) is 0 Å². The van der Waals surface area contributed by atoms with Gasteiger partial charge in [0.25, 0.3) is 0 Å². The van der Waals surface area contributed by atoms with Crippen LogP contribution in [0.5, 0.6) is 0 Å². The van der Waals surface area contributed by atoms with Gasteiger partial charge in [0.15, 0.2) is 0 Å². The third-order valence-corrected chi connectivity index (χ3v) is 5.24. The minimum Gasteiger partial charge on any atom is -0.397 e. The Morgan fingerprint density at radius 2 is 1.50 bits per heavy atom. The first kappa shape index (κ1) is 17.9. The second-order valence-corrected chi connectivity index (χ2v) is 7.15. The van der Waals surface area contributed by atoms with Gasteiger partial charge in [-0.3, -0.25) is 0 Å². The van der Waals surface area contributed by atoms with Crippen LogP contribution in [0.4, 0.5) is 17.1 Å². The number of fused-ring (bicyclic) bond motifs is 1. The monoisotopic (exact) mass is 364 g/mol. The molecule has 28 heavy (non-hydrogen) atoms. The molecule has 2 nitrogen and oxygen atoms in total. The van der Waals surface area contributed by atoms with Crippen LogP contribution in [0.15, 0.2) is 79.4 Å². The molecule has 0 aliphatic rings. The fourth-order valence-corrected chi connectivity index (χ4v) is 3.80. The zero-order chi connectivity index (χ0) is 19.7. The minimum atomic E-state index is 0.764. The third kappa shape index (κ3) is 3.14. The van der Waals surface area contributed by atoms with Crippen LogP contribution in [-0.4, -0.2) is 0 Å². The first-order chi connectivity index (χ1) is 13.6. The van der Waals surface area contributed by atoms with Gasteiger partial charge in [-0.05, 0) is 53.6 Å². The zero-order valence-corrected chi connectivity index (χ0v) is 16.3. The van der Waals surface area contributed by atoms with Crippen molar-refractivity contribution in [2.45, 2.75) is 13.8 Å². The highest BCUT2D eigenvalue weighted by Crippen LogP contribution is 2.38. The van der Waals surface area contributed by atoms with E-state index in [1.165, 1.54) is 16.7 Å². The quantitative estimate of drug-likeness (QED) is 0.379. The largest absolute Gasteiger partial charge is 0.397 e. The van der Waals surface area contributed by atoms with Crippen LogP contribution in [0.25, 0.3) is 28.0 Å². The Kier molecular flexibility index (Phi) is 4.62. The Balaban J connectivity index is 1.81. The molecule has 0 amide bonds. The molecule has 2 heteroatoms. The van der Waals surface area contributed by atoms with E-state index in [9.17, 15) is 0 Å². The minimum absolute atomic E-state index is 0.764. The van der Waals surface area contributed by atoms with Crippen molar-refractivity contribution in [1.82, 2.24) is 0 Å². The standard InChI is InChI=1S/C26H24N2/c1-4-22-18(3)26(25(27)24-14-6-5-13-23(22)24)28-21-12-8-11-20(16-21)19-10-7-9-17(2)15-19/h4-16,28H,1,27H2,2-3H3. The SMILES string of the molecule is C=Cc1c(C)c(Nc2cccc(-c3cccc(C)c3)c2)c(N)c2ccccc12. The van der Waals surface area contributed by atoms with E-state index < -0.39 is 0 Å². The van der Waals surface area contributed by atoms with Crippen molar-refractivity contribution in [2.75, 3.05) is 11.1 Å². The van der Waals surface area contributed by atoms with Gasteiger partial charge in [-0.1, -0.05) is 78.9 Å². The van der Waals surface area contributed by atoms with E-state index in [-0.39, 0.29) is 0 Å². The maximum Gasteiger partial charge on any atom is 0.0660 e. The summed E-state index contributed by atoms with van der Waals surface area (Å²) in [4.78, 5) is 0. The number of anilines is 3. The summed E-state index contributed by atoms with van der Waals surface area (Å²) in [7, 11) is 0. The molecule has 0 saturated heterocycles. The molecule has 138 valence electrons. The average molecular weight is 364 g/mol. The van der Waals surface area contributed by atoms with Gasteiger partial charge in [0.05, 0.1) is 11.4 Å². The molecule has 0 atom stereocenters. The molecule has 0 unspecified atom stereocenters. The summed E-state index contributed by atoms with van der Waals surface area (Å²) in [5, 5.41) is 5.73. The number of nitrogens with two attached hydrogens (primary N) is 1. The lowest BCUT2D eigenvalue weighted by atomic mass is 9.95. The van der Waals surface area contributed by atoms with Crippen molar-refractivity contribution in [3.8, 4) is 11.1 Å². The van der Waals surface area contributed by atoms with Crippen LogP contribution in [0.1, 0.15) is 16.7 Å². The number of nitrogen functional groups attached to an aromatic ring is 1. The summed E-state index contributed by atoms with van der Waals surface area (Å²) in [6.07, 6.45) is 1.91. The molecule has 0 heterocycles. The van der Waals surface area contributed by atoms with Crippen LogP contribution in [-0.2, 0) is 0 Å². The van der Waals surface area contributed by atoms with E-state index in [0.717, 1.165) is 39.0 Å². The highest BCUT2D eigenvalue weighted by Gasteiger charge is 2.13. The van der Waals surface area contributed by atoms with Gasteiger partial charge in [-0.25, -0.2) is 0 Å². The Labute approximate surface area is 166 Å². The summed E-state index contributed by atoms with van der Waals surface area (Å²) in [5.41, 5.74) is 15.1. The zero-order valence-electron chi connectivity index (χ0n) is 16.3. The topological polar surface area (TPSA) is 38.0 Å². The van der Waals surface area contributed by atoms with Crippen molar-refractivity contribution >= 4 is 33.9 Å². The molecule has 4 rings (SSSR count). The Morgan fingerprint density at radius 3 is 2.21 bits per heavy atom. The lowest BCUT2D eigenvalue weighted by Crippen LogP contribution is -2.02. The Bertz CT molecular complexity index is 1190. The first-order valence-electron chi connectivity index (χ1n) is 9.46. The van der Waals surface area contributed by atoms with Crippen molar-refractivity contribution < 1.29 is 0 Å². The van der Waals surface area contributed by atoms with Crippen LogP contribution < -0.4 is 11.1 Å². The molecule has 0 aliphatic carbocycles. The van der Waals surface area contributed by atoms with Crippen LogP contribution in [0.3, 0.4) is 0 Å². The van der Waals surface area contributed by atoms with E-state index in [0.29, 0.717) is 0 Å². The van der Waals surface area contributed by atoms with Gasteiger partial charge in [-0.15, -0.1) is 0 Å². The smallest absolute Gasteiger partial charge is 0.0660 e. The fourth-order valence-electron chi connectivity index (χ4n) is 3.80. The van der Waals surface area contributed by atoms with Crippen LogP contribution in [0, 0.1) is 13.8 Å². The van der Waals surface area contributed by atoms with E-state index in [4.69, 9.17) is 5.73 Å². The lowest BCUT2D eigenvalue weighted by molar-refractivity contribution is 1.43. The number of hydrogen-bond donors (Lipinski definition) is 2. The summed E-state index contributed by atoms with van der Waals surface area (Å²) < 4.78 is 0. The molecule has 4 aromatic rings. The average Bonchev–Trinajstić information content (AvgIpc) is 2.72. The predicted octanol–water partition coefficient (Wildman–Crippen LogP) is 7.09. The Morgan fingerprint density at radius 1 is 0.821 bits per heavy atom. The molecule has 0 aliphatic heterocycles. The first-order valence-corrected chi connectivity index (χ1v) is 9.46. The summed E-state index contributed by atoms with van der Waals surface area (Å²) >= 11 is 0. The van der Waals surface area contributed by atoms with Crippen LogP contribution >= 0.6 is 0 Å². The maximum absolute atomic E-state index is 6.56. The van der Waals surface area contributed by atoms with E-state index >= 15 is 0 Å².